The van der Waals surface area contributed by atoms with E-state index in [-0.39, 0.29) is 12.1 Å². The number of nitrogens with two attached hydrogens (primary N) is 1. The molecule has 1 aromatic heterocycles. The van der Waals surface area contributed by atoms with Crippen LogP contribution in [0, 0.1) is 6.92 Å². The van der Waals surface area contributed by atoms with Gasteiger partial charge in [-0.3, -0.25) is 4.79 Å². The molecule has 1 aromatic carbocycles. The smallest absolute Gasteiger partial charge is 0.255 e. The van der Waals surface area contributed by atoms with Crippen molar-refractivity contribution in [3.8, 4) is 0 Å². The Kier molecular flexibility index (Phi) is 4.40. The molecule has 0 unspecified atom stereocenters. The van der Waals surface area contributed by atoms with Crippen molar-refractivity contribution in [1.82, 2.24) is 4.57 Å². The van der Waals surface area contributed by atoms with E-state index in [1.54, 1.807) is 4.57 Å². The maximum atomic E-state index is 12.3. The number of nitrogens with zero attached hydrogens (tertiary/aromatic N) is 1. The Morgan fingerprint density at radius 1 is 1.10 bits per heavy atom. The Hall–Kier alpha value is -1.87. The second kappa shape index (κ2) is 6.06. The van der Waals surface area contributed by atoms with Crippen LogP contribution in [0.3, 0.4) is 0 Å². The van der Waals surface area contributed by atoms with Gasteiger partial charge in [0, 0.05) is 17.8 Å². The third kappa shape index (κ3) is 2.99. The van der Waals surface area contributed by atoms with Crippen molar-refractivity contribution in [2.75, 3.05) is 0 Å². The summed E-state index contributed by atoms with van der Waals surface area (Å²) in [5, 5.41) is 0. The van der Waals surface area contributed by atoms with E-state index in [0.717, 1.165) is 11.3 Å². The number of pyridine rings is 1. The van der Waals surface area contributed by atoms with Crippen LogP contribution in [0.1, 0.15) is 42.1 Å². The van der Waals surface area contributed by atoms with Crippen molar-refractivity contribution >= 4 is 0 Å². The van der Waals surface area contributed by atoms with Gasteiger partial charge in [0.25, 0.3) is 5.56 Å². The molecule has 0 radical (unpaired) electrons. The molecule has 0 aliphatic rings. The van der Waals surface area contributed by atoms with Gasteiger partial charge in [0.1, 0.15) is 0 Å². The molecule has 2 aromatic rings. The van der Waals surface area contributed by atoms with E-state index in [1.807, 2.05) is 19.1 Å². The summed E-state index contributed by atoms with van der Waals surface area (Å²) in [7, 11) is 0. The molecule has 106 valence electrons. The minimum absolute atomic E-state index is 0.0143. The minimum Gasteiger partial charge on any atom is -0.326 e. The molecule has 0 aliphatic carbocycles. The normalized spacial score (nSPS) is 11.1. The van der Waals surface area contributed by atoms with Crippen LogP contribution in [0.4, 0.5) is 0 Å². The average molecular weight is 270 g/mol. The quantitative estimate of drug-likeness (QED) is 0.928. The summed E-state index contributed by atoms with van der Waals surface area (Å²) in [6, 6.07) is 12.2. The van der Waals surface area contributed by atoms with Crippen LogP contribution < -0.4 is 11.3 Å². The summed E-state index contributed by atoms with van der Waals surface area (Å²) in [4.78, 5) is 12.3. The van der Waals surface area contributed by atoms with Crippen LogP contribution in [0.25, 0.3) is 0 Å². The molecule has 1 heterocycles. The number of aromatic nitrogens is 1. The highest BCUT2D eigenvalue weighted by atomic mass is 16.1. The monoisotopic (exact) mass is 270 g/mol. The lowest BCUT2D eigenvalue weighted by molar-refractivity contribution is 0.715. The Balaban J connectivity index is 2.32. The lowest BCUT2D eigenvalue weighted by atomic mass is 10.0. The largest absolute Gasteiger partial charge is 0.326 e. The molecule has 0 amide bonds. The summed E-state index contributed by atoms with van der Waals surface area (Å²) in [5.41, 5.74) is 9.68. The molecule has 0 atom stereocenters. The third-order valence-corrected chi connectivity index (χ3v) is 3.68. The van der Waals surface area contributed by atoms with E-state index in [4.69, 9.17) is 5.73 Å². The predicted molar refractivity (Wildman–Crippen MR) is 83.0 cm³/mol. The summed E-state index contributed by atoms with van der Waals surface area (Å²) in [6.07, 6.45) is 0. The summed E-state index contributed by atoms with van der Waals surface area (Å²) < 4.78 is 1.78. The van der Waals surface area contributed by atoms with Crippen molar-refractivity contribution < 1.29 is 0 Å². The van der Waals surface area contributed by atoms with E-state index in [0.29, 0.717) is 18.0 Å². The van der Waals surface area contributed by atoms with Crippen LogP contribution >= 0.6 is 0 Å². The Morgan fingerprint density at radius 3 is 2.30 bits per heavy atom. The first-order valence-electron chi connectivity index (χ1n) is 7.01. The van der Waals surface area contributed by atoms with Gasteiger partial charge in [-0.1, -0.05) is 44.2 Å². The fourth-order valence-electron chi connectivity index (χ4n) is 2.26. The van der Waals surface area contributed by atoms with Crippen LogP contribution in [0.5, 0.6) is 0 Å². The number of hydrogen-bond acceptors (Lipinski definition) is 2. The first-order chi connectivity index (χ1) is 9.52. The number of hydrogen-bond donors (Lipinski definition) is 1. The summed E-state index contributed by atoms with van der Waals surface area (Å²) in [6.45, 7) is 7.18. The first-order valence-corrected chi connectivity index (χ1v) is 7.01. The fraction of sp³-hybridized carbons (Fsp3) is 0.353. The highest BCUT2D eigenvalue weighted by molar-refractivity contribution is 5.26. The molecule has 0 bridgehead atoms. The Morgan fingerprint density at radius 2 is 1.75 bits per heavy atom. The van der Waals surface area contributed by atoms with Gasteiger partial charge in [-0.2, -0.15) is 0 Å². The zero-order valence-electron chi connectivity index (χ0n) is 12.4. The third-order valence-electron chi connectivity index (χ3n) is 3.68. The van der Waals surface area contributed by atoms with Crippen molar-refractivity contribution in [3.63, 3.8) is 0 Å². The van der Waals surface area contributed by atoms with Gasteiger partial charge in [-0.25, -0.2) is 0 Å². The van der Waals surface area contributed by atoms with Crippen molar-refractivity contribution in [3.05, 3.63) is 69.1 Å². The predicted octanol–water partition coefficient (Wildman–Crippen LogP) is 2.79. The molecule has 0 spiro atoms. The van der Waals surface area contributed by atoms with Gasteiger partial charge in [0.05, 0.1) is 6.54 Å². The molecule has 20 heavy (non-hydrogen) atoms. The molecule has 3 heteroatoms. The molecule has 0 fully saturated rings. The van der Waals surface area contributed by atoms with E-state index >= 15 is 0 Å². The molecule has 3 nitrogen and oxygen atoms in total. The molecule has 0 saturated heterocycles. The van der Waals surface area contributed by atoms with E-state index in [2.05, 4.69) is 38.1 Å². The topological polar surface area (TPSA) is 48.0 Å². The molecule has 0 aliphatic heterocycles. The van der Waals surface area contributed by atoms with Gasteiger partial charge in [0.15, 0.2) is 0 Å². The highest BCUT2D eigenvalue weighted by Crippen LogP contribution is 2.15. The average Bonchev–Trinajstić information content (AvgIpc) is 2.44. The molecule has 2 N–H and O–H groups in total. The van der Waals surface area contributed by atoms with E-state index < -0.39 is 0 Å². The lowest BCUT2D eigenvalue weighted by Gasteiger charge is -2.12. The van der Waals surface area contributed by atoms with Crippen LogP contribution in [0.15, 0.2) is 41.2 Å². The van der Waals surface area contributed by atoms with Crippen molar-refractivity contribution in [2.24, 2.45) is 5.73 Å². The van der Waals surface area contributed by atoms with Gasteiger partial charge >= 0.3 is 0 Å². The van der Waals surface area contributed by atoms with Gasteiger partial charge < -0.3 is 10.3 Å². The standard InChI is InChI=1S/C17H22N2O/c1-12(2)15-8-5-14(6-9-15)11-19-13(3)4-7-16(10-18)17(19)20/h4-9,12H,10-11,18H2,1-3H3. The van der Waals surface area contributed by atoms with Crippen molar-refractivity contribution in [1.29, 1.82) is 0 Å². The van der Waals surface area contributed by atoms with Crippen LogP contribution in [-0.2, 0) is 13.1 Å². The van der Waals surface area contributed by atoms with E-state index in [1.165, 1.54) is 5.56 Å². The molecule has 2 rings (SSSR count). The summed E-state index contributed by atoms with van der Waals surface area (Å²) in [5.74, 6) is 0.522. The number of benzene rings is 1. The SMILES string of the molecule is Cc1ccc(CN)c(=O)n1Cc1ccc(C(C)C)cc1. The highest BCUT2D eigenvalue weighted by Gasteiger charge is 2.06. The maximum absolute atomic E-state index is 12.3. The number of rotatable bonds is 4. The fourth-order valence-corrected chi connectivity index (χ4v) is 2.26. The van der Waals surface area contributed by atoms with E-state index in [9.17, 15) is 4.79 Å². The second-order valence-corrected chi connectivity index (χ2v) is 5.49. The zero-order chi connectivity index (χ0) is 14.7. The first kappa shape index (κ1) is 14.5. The molecular weight excluding hydrogens is 248 g/mol. The minimum atomic E-state index is 0.0143. The van der Waals surface area contributed by atoms with Crippen molar-refractivity contribution in [2.45, 2.75) is 39.8 Å². The van der Waals surface area contributed by atoms with Gasteiger partial charge in [-0.05, 0) is 30.0 Å². The molecular formula is C17H22N2O. The summed E-state index contributed by atoms with van der Waals surface area (Å²) >= 11 is 0. The second-order valence-electron chi connectivity index (χ2n) is 5.49. The maximum Gasteiger partial charge on any atom is 0.255 e. The van der Waals surface area contributed by atoms with Crippen LogP contribution in [0.2, 0.25) is 0 Å². The lowest BCUT2D eigenvalue weighted by Crippen LogP contribution is -2.27. The Labute approximate surface area is 120 Å². The molecule has 0 saturated carbocycles. The van der Waals surface area contributed by atoms with Gasteiger partial charge in [-0.15, -0.1) is 0 Å². The number of aryl methyl sites for hydroxylation is 1. The van der Waals surface area contributed by atoms with Gasteiger partial charge in [0.2, 0.25) is 0 Å². The zero-order valence-corrected chi connectivity index (χ0v) is 12.4. The Bertz CT molecular complexity index is 639. The van der Waals surface area contributed by atoms with Crippen LogP contribution in [-0.4, -0.2) is 4.57 Å².